The molecule has 3 aliphatic carbocycles. The van der Waals surface area contributed by atoms with Crippen molar-refractivity contribution in [2.24, 2.45) is 0 Å². The first-order chi connectivity index (χ1) is 10.1. The predicted octanol–water partition coefficient (Wildman–Crippen LogP) is 5.06. The van der Waals surface area contributed by atoms with Crippen LogP contribution in [0.15, 0.2) is 47.0 Å². The van der Waals surface area contributed by atoms with Crippen molar-refractivity contribution in [1.82, 2.24) is 0 Å². The average Bonchev–Trinajstić information content (AvgIpc) is 2.52. The first-order valence-electron chi connectivity index (χ1n) is 7.18. The number of fused-ring (bicyclic) bond motifs is 1. The van der Waals surface area contributed by atoms with Crippen molar-refractivity contribution in [2.75, 3.05) is 0 Å². The zero-order valence-electron chi connectivity index (χ0n) is 11.4. The summed E-state index contributed by atoms with van der Waals surface area (Å²) in [6.07, 6.45) is 6.43. The highest BCUT2D eigenvalue weighted by atomic mass is 79.9. The van der Waals surface area contributed by atoms with Gasteiger partial charge in [-0.2, -0.15) is 0 Å². The number of hydrogen-bond donors (Lipinski definition) is 2. The predicted molar refractivity (Wildman–Crippen MR) is 86.8 cm³/mol. The van der Waals surface area contributed by atoms with Crippen LogP contribution in [0.5, 0.6) is 11.5 Å². The highest BCUT2D eigenvalue weighted by Crippen LogP contribution is 2.54. The van der Waals surface area contributed by atoms with Gasteiger partial charge in [0.05, 0.1) is 0 Å². The molecule has 106 valence electrons. The van der Waals surface area contributed by atoms with Crippen molar-refractivity contribution in [1.29, 1.82) is 0 Å². The standard InChI is InChI=1S/C18H15BrO2/c19-13-7-5-10(6-8-13)14-9-15(20)16-11-1-3-12(4-2-11)17(16)18(14)21/h1,3,5-9,11-12,20-21H,2,4H2. The number of phenolic OH excluding ortho intramolecular Hbond substituents is 2. The largest absolute Gasteiger partial charge is 0.508 e. The van der Waals surface area contributed by atoms with E-state index in [1.807, 2.05) is 24.3 Å². The Kier molecular flexibility index (Phi) is 2.86. The van der Waals surface area contributed by atoms with Gasteiger partial charge in [-0.3, -0.25) is 0 Å². The van der Waals surface area contributed by atoms with E-state index in [0.717, 1.165) is 34.0 Å². The monoisotopic (exact) mass is 342 g/mol. The molecule has 5 rings (SSSR count). The fourth-order valence-corrected chi connectivity index (χ4v) is 3.87. The lowest BCUT2D eigenvalue weighted by molar-refractivity contribution is 0.423. The van der Waals surface area contributed by atoms with Crippen molar-refractivity contribution in [2.45, 2.75) is 24.7 Å². The second kappa shape index (κ2) is 4.63. The first kappa shape index (κ1) is 13.0. The second-order valence-electron chi connectivity index (χ2n) is 5.80. The highest BCUT2D eigenvalue weighted by Gasteiger charge is 2.34. The summed E-state index contributed by atoms with van der Waals surface area (Å²) in [6, 6.07) is 9.48. The summed E-state index contributed by atoms with van der Waals surface area (Å²) in [5.41, 5.74) is 3.47. The Labute approximate surface area is 131 Å². The van der Waals surface area contributed by atoms with E-state index < -0.39 is 0 Å². The van der Waals surface area contributed by atoms with Crippen molar-refractivity contribution in [3.8, 4) is 22.6 Å². The molecule has 2 nitrogen and oxygen atoms in total. The third-order valence-corrected chi connectivity index (χ3v) is 5.15. The molecule has 0 radical (unpaired) electrons. The summed E-state index contributed by atoms with van der Waals surface area (Å²) in [7, 11) is 0. The van der Waals surface area contributed by atoms with Gasteiger partial charge >= 0.3 is 0 Å². The van der Waals surface area contributed by atoms with E-state index in [9.17, 15) is 10.2 Å². The van der Waals surface area contributed by atoms with Gasteiger partial charge in [0.1, 0.15) is 11.5 Å². The molecule has 0 aromatic heterocycles. The summed E-state index contributed by atoms with van der Waals surface area (Å²) in [4.78, 5) is 0. The average molecular weight is 343 g/mol. The number of benzene rings is 2. The summed E-state index contributed by atoms with van der Waals surface area (Å²) < 4.78 is 0.995. The Balaban J connectivity index is 1.94. The molecule has 21 heavy (non-hydrogen) atoms. The van der Waals surface area contributed by atoms with Gasteiger partial charge in [-0.15, -0.1) is 0 Å². The third-order valence-electron chi connectivity index (χ3n) is 4.62. The van der Waals surface area contributed by atoms with Crippen LogP contribution >= 0.6 is 15.9 Å². The molecular weight excluding hydrogens is 328 g/mol. The van der Waals surface area contributed by atoms with Gasteiger partial charge in [-0.1, -0.05) is 40.2 Å². The van der Waals surface area contributed by atoms with E-state index in [0.29, 0.717) is 17.1 Å². The summed E-state index contributed by atoms with van der Waals surface area (Å²) in [5.74, 6) is 1.10. The van der Waals surface area contributed by atoms with E-state index >= 15 is 0 Å². The molecule has 2 N–H and O–H groups in total. The number of allylic oxidation sites excluding steroid dienone is 2. The van der Waals surface area contributed by atoms with Gasteiger partial charge in [0.25, 0.3) is 0 Å². The maximum atomic E-state index is 10.7. The molecule has 3 aliphatic rings. The van der Waals surface area contributed by atoms with Crippen molar-refractivity contribution in [3.63, 3.8) is 0 Å². The zero-order chi connectivity index (χ0) is 14.6. The number of aromatic hydroxyl groups is 2. The van der Waals surface area contributed by atoms with Crippen LogP contribution < -0.4 is 0 Å². The molecule has 2 aromatic rings. The first-order valence-corrected chi connectivity index (χ1v) is 7.97. The molecular formula is C18H15BrO2. The molecule has 0 amide bonds. The minimum Gasteiger partial charge on any atom is -0.508 e. The summed E-state index contributed by atoms with van der Waals surface area (Å²) in [6.45, 7) is 0. The minimum absolute atomic E-state index is 0.228. The SMILES string of the molecule is Oc1cc(-c2ccc(Br)cc2)c(O)c2c1C1C=CC2CC1. The van der Waals surface area contributed by atoms with Gasteiger partial charge in [0.2, 0.25) is 0 Å². The van der Waals surface area contributed by atoms with Crippen LogP contribution in [0.25, 0.3) is 11.1 Å². The van der Waals surface area contributed by atoms with Crippen LogP contribution in [0.1, 0.15) is 35.8 Å². The maximum absolute atomic E-state index is 10.7. The van der Waals surface area contributed by atoms with Crippen LogP contribution in [0.4, 0.5) is 0 Å². The topological polar surface area (TPSA) is 40.5 Å². The normalized spacial score (nSPS) is 22.3. The van der Waals surface area contributed by atoms with Crippen molar-refractivity contribution >= 4 is 15.9 Å². The summed E-state index contributed by atoms with van der Waals surface area (Å²) >= 11 is 3.42. The van der Waals surface area contributed by atoms with Crippen LogP contribution in [0, 0.1) is 0 Å². The van der Waals surface area contributed by atoms with Crippen LogP contribution in [-0.4, -0.2) is 10.2 Å². The molecule has 0 aliphatic heterocycles. The van der Waals surface area contributed by atoms with Gasteiger partial charge in [-0.05, 0) is 36.6 Å². The number of hydrogen-bond acceptors (Lipinski definition) is 2. The van der Waals surface area contributed by atoms with Crippen LogP contribution in [0.3, 0.4) is 0 Å². The molecule has 2 atom stereocenters. The number of rotatable bonds is 1. The Morgan fingerprint density at radius 1 is 0.905 bits per heavy atom. The number of halogens is 1. The fraction of sp³-hybridized carbons (Fsp3) is 0.222. The Morgan fingerprint density at radius 2 is 1.52 bits per heavy atom. The van der Waals surface area contributed by atoms with Crippen molar-refractivity contribution in [3.05, 3.63) is 58.1 Å². The molecule has 0 saturated carbocycles. The quantitative estimate of drug-likeness (QED) is 0.561. The third kappa shape index (κ3) is 1.91. The minimum atomic E-state index is 0.228. The van der Waals surface area contributed by atoms with E-state index in [2.05, 4.69) is 28.1 Å². The number of phenols is 2. The molecule has 2 bridgehead atoms. The van der Waals surface area contributed by atoms with E-state index in [1.165, 1.54) is 0 Å². The molecule has 0 fully saturated rings. The molecule has 2 aromatic carbocycles. The lowest BCUT2D eigenvalue weighted by Crippen LogP contribution is -2.17. The van der Waals surface area contributed by atoms with Gasteiger partial charge < -0.3 is 10.2 Å². The highest BCUT2D eigenvalue weighted by molar-refractivity contribution is 9.10. The Hall–Kier alpha value is -1.74. The van der Waals surface area contributed by atoms with Gasteiger partial charge in [-0.25, -0.2) is 0 Å². The molecule has 3 heteroatoms. The van der Waals surface area contributed by atoms with E-state index in [4.69, 9.17) is 0 Å². The van der Waals surface area contributed by atoms with Crippen LogP contribution in [0.2, 0.25) is 0 Å². The second-order valence-corrected chi connectivity index (χ2v) is 6.72. The van der Waals surface area contributed by atoms with Crippen LogP contribution in [-0.2, 0) is 0 Å². The molecule has 2 unspecified atom stereocenters. The van der Waals surface area contributed by atoms with E-state index in [1.54, 1.807) is 6.07 Å². The lowest BCUT2D eigenvalue weighted by Gasteiger charge is -2.35. The Morgan fingerprint density at radius 3 is 2.14 bits per heavy atom. The zero-order valence-corrected chi connectivity index (χ0v) is 13.0. The smallest absolute Gasteiger partial charge is 0.127 e. The fourth-order valence-electron chi connectivity index (χ4n) is 3.61. The lowest BCUT2D eigenvalue weighted by atomic mass is 9.70. The maximum Gasteiger partial charge on any atom is 0.127 e. The summed E-state index contributed by atoms with van der Waals surface area (Å²) in [5, 5.41) is 21.2. The van der Waals surface area contributed by atoms with Gasteiger partial charge in [0, 0.05) is 33.0 Å². The molecule has 0 saturated heterocycles. The van der Waals surface area contributed by atoms with E-state index in [-0.39, 0.29) is 11.8 Å². The Bertz CT molecular complexity index is 747. The molecule has 0 heterocycles. The van der Waals surface area contributed by atoms with Crippen molar-refractivity contribution < 1.29 is 10.2 Å². The van der Waals surface area contributed by atoms with Gasteiger partial charge in [0.15, 0.2) is 0 Å². The molecule has 0 spiro atoms.